The topological polar surface area (TPSA) is 102 Å². The smallest absolute Gasteiger partial charge is 0.212 e. The minimum atomic E-state index is 0.227. The van der Waals surface area contributed by atoms with Crippen molar-refractivity contribution in [3.63, 3.8) is 0 Å². The predicted octanol–water partition coefficient (Wildman–Crippen LogP) is 3.33. The highest BCUT2D eigenvalue weighted by molar-refractivity contribution is 5.87. The van der Waals surface area contributed by atoms with Gasteiger partial charge in [0.2, 0.25) is 5.88 Å². The van der Waals surface area contributed by atoms with E-state index in [4.69, 9.17) is 20.2 Å². The summed E-state index contributed by atoms with van der Waals surface area (Å²) in [6, 6.07) is 8.15. The second-order valence-corrected chi connectivity index (χ2v) is 7.67. The van der Waals surface area contributed by atoms with E-state index in [9.17, 15) is 0 Å². The van der Waals surface area contributed by atoms with Crippen LogP contribution >= 0.6 is 0 Å². The number of anilines is 2. The van der Waals surface area contributed by atoms with Gasteiger partial charge in [0.05, 0.1) is 26.4 Å². The quantitative estimate of drug-likeness (QED) is 0.630. The molecule has 31 heavy (non-hydrogen) atoms. The Morgan fingerprint density at radius 3 is 2.94 bits per heavy atom. The number of nitrogens with two attached hydrogens (primary N) is 1. The van der Waals surface area contributed by atoms with Gasteiger partial charge in [-0.25, -0.2) is 9.97 Å². The minimum absolute atomic E-state index is 0.227. The average molecular weight is 421 g/mol. The lowest BCUT2D eigenvalue weighted by atomic mass is 9.95. The van der Waals surface area contributed by atoms with E-state index < -0.39 is 0 Å². The first-order chi connectivity index (χ1) is 15.1. The van der Waals surface area contributed by atoms with Crippen molar-refractivity contribution in [1.82, 2.24) is 20.2 Å². The monoisotopic (exact) mass is 420 g/mol. The van der Waals surface area contributed by atoms with Gasteiger partial charge in [0.25, 0.3) is 0 Å². The second-order valence-electron chi connectivity index (χ2n) is 7.67. The summed E-state index contributed by atoms with van der Waals surface area (Å²) in [5.41, 5.74) is 11.5. The standard InChI is InChI=1S/C23H28N6O2/c1-15(4-6-18-8-9-26-28-18)22-19(17-5-7-21(30-3)25-13-17)12-20(27-23(22)24)29-10-11-31-14-16(29)2/h4-5,7-9,12-13,16H,6,10-11,14H2,1-3H3,(H2,24,27)(H,26,28)/b15-4-. The largest absolute Gasteiger partial charge is 0.481 e. The molecule has 162 valence electrons. The maximum Gasteiger partial charge on any atom is 0.212 e. The summed E-state index contributed by atoms with van der Waals surface area (Å²) < 4.78 is 10.8. The Balaban J connectivity index is 1.79. The van der Waals surface area contributed by atoms with Gasteiger partial charge in [-0.2, -0.15) is 5.10 Å². The fourth-order valence-electron chi connectivity index (χ4n) is 3.83. The third-order valence-corrected chi connectivity index (χ3v) is 5.53. The molecular weight excluding hydrogens is 392 g/mol. The summed E-state index contributed by atoms with van der Waals surface area (Å²) in [5.74, 6) is 1.92. The van der Waals surface area contributed by atoms with E-state index >= 15 is 0 Å². The number of nitrogen functional groups attached to an aromatic ring is 1. The Hall–Kier alpha value is -3.39. The fraction of sp³-hybridized carbons (Fsp3) is 0.348. The highest BCUT2D eigenvalue weighted by Crippen LogP contribution is 2.36. The number of aromatic nitrogens is 4. The van der Waals surface area contributed by atoms with Crippen molar-refractivity contribution in [2.75, 3.05) is 37.5 Å². The van der Waals surface area contributed by atoms with Crippen molar-refractivity contribution in [3.8, 4) is 17.0 Å². The molecule has 1 aliphatic rings. The molecule has 0 radical (unpaired) electrons. The Morgan fingerprint density at radius 1 is 1.39 bits per heavy atom. The molecule has 0 bridgehead atoms. The van der Waals surface area contributed by atoms with Crippen LogP contribution < -0.4 is 15.4 Å². The molecule has 0 spiro atoms. The number of nitrogens with one attached hydrogen (secondary N) is 1. The molecule has 1 unspecified atom stereocenters. The minimum Gasteiger partial charge on any atom is -0.481 e. The van der Waals surface area contributed by atoms with Gasteiger partial charge in [-0.3, -0.25) is 5.10 Å². The number of morpholine rings is 1. The first-order valence-corrected chi connectivity index (χ1v) is 10.4. The number of pyridine rings is 2. The van der Waals surface area contributed by atoms with Gasteiger partial charge < -0.3 is 20.1 Å². The summed E-state index contributed by atoms with van der Waals surface area (Å²) in [6.07, 6.45) is 6.43. The van der Waals surface area contributed by atoms with Gasteiger partial charge >= 0.3 is 0 Å². The van der Waals surface area contributed by atoms with E-state index in [2.05, 4.69) is 46.1 Å². The van der Waals surface area contributed by atoms with Crippen molar-refractivity contribution >= 4 is 17.2 Å². The lowest BCUT2D eigenvalue weighted by Crippen LogP contribution is -2.44. The van der Waals surface area contributed by atoms with Crippen LogP contribution in [0.3, 0.4) is 0 Å². The molecule has 0 aromatic carbocycles. The number of hydrogen-bond acceptors (Lipinski definition) is 7. The zero-order valence-electron chi connectivity index (χ0n) is 18.1. The normalized spacial score (nSPS) is 17.1. The van der Waals surface area contributed by atoms with Crippen LogP contribution in [0.25, 0.3) is 16.7 Å². The summed E-state index contributed by atoms with van der Waals surface area (Å²) in [6.45, 7) is 6.32. The van der Waals surface area contributed by atoms with Crippen LogP contribution in [0.2, 0.25) is 0 Å². The van der Waals surface area contributed by atoms with Crippen LogP contribution in [0.4, 0.5) is 11.6 Å². The Morgan fingerprint density at radius 2 is 2.26 bits per heavy atom. The average Bonchev–Trinajstić information content (AvgIpc) is 3.31. The summed E-state index contributed by atoms with van der Waals surface area (Å²) >= 11 is 0. The Labute approximate surface area is 182 Å². The van der Waals surface area contributed by atoms with Crippen LogP contribution in [-0.4, -0.2) is 53.1 Å². The first kappa shape index (κ1) is 20.9. The van der Waals surface area contributed by atoms with Crippen LogP contribution in [0.5, 0.6) is 5.88 Å². The molecular formula is C23H28N6O2. The van der Waals surface area contributed by atoms with Gasteiger partial charge in [0, 0.05) is 48.2 Å². The van der Waals surface area contributed by atoms with Crippen LogP contribution in [0, 0.1) is 0 Å². The van der Waals surface area contributed by atoms with Crippen LogP contribution in [0.15, 0.2) is 42.7 Å². The van der Waals surface area contributed by atoms with Gasteiger partial charge in [0.1, 0.15) is 11.6 Å². The van der Waals surface area contributed by atoms with Gasteiger partial charge in [0.15, 0.2) is 0 Å². The van der Waals surface area contributed by atoms with Gasteiger partial charge in [-0.1, -0.05) is 6.08 Å². The number of rotatable bonds is 6. The first-order valence-electron chi connectivity index (χ1n) is 10.4. The lowest BCUT2D eigenvalue weighted by Gasteiger charge is -2.35. The predicted molar refractivity (Wildman–Crippen MR) is 122 cm³/mol. The molecule has 8 heteroatoms. The number of aromatic amines is 1. The summed E-state index contributed by atoms with van der Waals surface area (Å²) in [7, 11) is 1.61. The summed E-state index contributed by atoms with van der Waals surface area (Å²) in [5, 5.41) is 7.01. The summed E-state index contributed by atoms with van der Waals surface area (Å²) in [4.78, 5) is 11.4. The van der Waals surface area contributed by atoms with E-state index in [0.29, 0.717) is 24.9 Å². The molecule has 4 rings (SSSR count). The molecule has 3 N–H and O–H groups in total. The molecule has 0 saturated carbocycles. The lowest BCUT2D eigenvalue weighted by molar-refractivity contribution is 0.0985. The fourth-order valence-corrected chi connectivity index (χ4v) is 3.83. The van der Waals surface area contributed by atoms with Gasteiger partial charge in [-0.15, -0.1) is 0 Å². The molecule has 1 atom stereocenters. The zero-order chi connectivity index (χ0) is 21.8. The maximum absolute atomic E-state index is 6.54. The molecule has 1 fully saturated rings. The molecule has 3 aromatic heterocycles. The van der Waals surface area contributed by atoms with Crippen molar-refractivity contribution in [3.05, 3.63) is 54.0 Å². The van der Waals surface area contributed by atoms with E-state index in [1.807, 2.05) is 24.4 Å². The molecule has 0 amide bonds. The molecule has 1 aliphatic heterocycles. The molecule has 8 nitrogen and oxygen atoms in total. The van der Waals surface area contributed by atoms with E-state index in [-0.39, 0.29) is 6.04 Å². The van der Waals surface area contributed by atoms with Gasteiger partial charge in [-0.05, 0) is 43.2 Å². The highest BCUT2D eigenvalue weighted by Gasteiger charge is 2.23. The highest BCUT2D eigenvalue weighted by atomic mass is 16.5. The maximum atomic E-state index is 6.54. The Bertz CT molecular complexity index is 1050. The number of hydrogen-bond donors (Lipinski definition) is 2. The van der Waals surface area contributed by atoms with E-state index in [1.54, 1.807) is 13.3 Å². The van der Waals surface area contributed by atoms with Crippen molar-refractivity contribution in [1.29, 1.82) is 0 Å². The van der Waals surface area contributed by atoms with Crippen LogP contribution in [-0.2, 0) is 11.2 Å². The molecule has 3 aromatic rings. The number of H-pyrrole nitrogens is 1. The number of methoxy groups -OCH3 is 1. The second kappa shape index (κ2) is 9.18. The van der Waals surface area contributed by atoms with Crippen molar-refractivity contribution in [2.24, 2.45) is 0 Å². The molecule has 0 aliphatic carbocycles. The Kier molecular flexibility index (Phi) is 6.18. The zero-order valence-corrected chi connectivity index (χ0v) is 18.1. The van der Waals surface area contributed by atoms with E-state index in [1.165, 1.54) is 0 Å². The number of allylic oxidation sites excluding steroid dienone is 2. The number of ether oxygens (including phenoxy) is 2. The molecule has 4 heterocycles. The SMILES string of the molecule is COc1ccc(-c2cc(N3CCOCC3C)nc(N)c2/C(C)=C\Cc2ccn[nH]2)cn1. The van der Waals surface area contributed by atoms with Crippen molar-refractivity contribution in [2.45, 2.75) is 26.3 Å². The van der Waals surface area contributed by atoms with E-state index in [0.717, 1.165) is 46.7 Å². The third kappa shape index (κ3) is 4.54. The van der Waals surface area contributed by atoms with Crippen molar-refractivity contribution < 1.29 is 9.47 Å². The molecule has 1 saturated heterocycles. The third-order valence-electron chi connectivity index (χ3n) is 5.53. The number of nitrogens with zero attached hydrogens (tertiary/aromatic N) is 4. The van der Waals surface area contributed by atoms with Crippen LogP contribution in [0.1, 0.15) is 25.1 Å².